The van der Waals surface area contributed by atoms with Crippen LogP contribution in [0.25, 0.3) is 38.4 Å². The quantitative estimate of drug-likeness (QED) is 0.191. The minimum atomic E-state index is -5.60. The van der Waals surface area contributed by atoms with Crippen molar-refractivity contribution in [2.45, 2.75) is 6.18 Å². The van der Waals surface area contributed by atoms with Gasteiger partial charge in [-0.25, -0.2) is 17.6 Å². The van der Waals surface area contributed by atoms with Gasteiger partial charge in [-0.3, -0.25) is 0 Å². The lowest BCUT2D eigenvalue weighted by atomic mass is 9.98. The fourth-order valence-electron chi connectivity index (χ4n) is 3.97. The summed E-state index contributed by atoms with van der Waals surface area (Å²) in [5.74, 6) is -9.17. The molecule has 0 aliphatic carbocycles. The number of hydrogen-bond acceptors (Lipinski definition) is 0. The van der Waals surface area contributed by atoms with E-state index in [1.165, 1.54) is 6.07 Å². The van der Waals surface area contributed by atoms with Gasteiger partial charge in [-0.2, -0.15) is 13.2 Å². The monoisotopic (exact) mass is 433 g/mol. The second-order valence-corrected chi connectivity index (χ2v) is 7.04. The number of hydrogen-bond donors (Lipinski definition) is 0. The summed E-state index contributed by atoms with van der Waals surface area (Å²) in [7, 11) is 0. The standard InChI is InChI=1S/C23H10F7N/c24-19-17(20(25)22(27)18(21(19)26)23(28,29)30)13-9-11-5-1-3-7-14(11)31-15-8-4-2-6-12(15)10-16(13)31/h1-10H. The Balaban J connectivity index is 1.99. The number of aromatic nitrogens is 1. The molecule has 0 aliphatic rings. The van der Waals surface area contributed by atoms with Gasteiger partial charge in [0.1, 0.15) is 5.56 Å². The van der Waals surface area contributed by atoms with Gasteiger partial charge in [0.15, 0.2) is 23.3 Å². The molecule has 0 fully saturated rings. The molecule has 0 saturated carbocycles. The minimum absolute atomic E-state index is 0.191. The van der Waals surface area contributed by atoms with Crippen LogP contribution in [0.5, 0.6) is 0 Å². The summed E-state index contributed by atoms with van der Waals surface area (Å²) in [6.07, 6.45) is -5.60. The van der Waals surface area contributed by atoms with Gasteiger partial charge in [-0.15, -0.1) is 0 Å². The van der Waals surface area contributed by atoms with Gasteiger partial charge in [0.05, 0.1) is 22.1 Å². The predicted molar refractivity (Wildman–Crippen MR) is 103 cm³/mol. The number of benzene rings is 3. The van der Waals surface area contributed by atoms with Crippen LogP contribution in [0.2, 0.25) is 0 Å². The van der Waals surface area contributed by atoms with Crippen molar-refractivity contribution in [2.24, 2.45) is 0 Å². The van der Waals surface area contributed by atoms with Crippen LogP contribution in [0, 0.1) is 23.3 Å². The smallest absolute Gasteiger partial charge is 0.309 e. The largest absolute Gasteiger partial charge is 0.422 e. The average Bonchev–Trinajstić information content (AvgIpc) is 3.12. The first-order chi connectivity index (χ1) is 14.7. The second-order valence-electron chi connectivity index (χ2n) is 7.04. The molecule has 2 heterocycles. The molecule has 0 saturated heterocycles. The molecule has 5 aromatic rings. The molecule has 5 rings (SSSR count). The summed E-state index contributed by atoms with van der Waals surface area (Å²) < 4.78 is 98.8. The minimum Gasteiger partial charge on any atom is -0.309 e. The summed E-state index contributed by atoms with van der Waals surface area (Å²) in [5.41, 5.74) is -2.56. The van der Waals surface area contributed by atoms with Crippen molar-refractivity contribution in [3.63, 3.8) is 0 Å². The normalized spacial score (nSPS) is 12.4. The number of alkyl halides is 3. The SMILES string of the molecule is Fc1c(F)c(C(F)(F)F)c(F)c(F)c1-c1cc2ccccc2n2c1cc1ccccc12. The zero-order valence-electron chi connectivity index (χ0n) is 15.4. The molecular weight excluding hydrogens is 423 g/mol. The van der Waals surface area contributed by atoms with Gasteiger partial charge < -0.3 is 4.40 Å². The van der Waals surface area contributed by atoms with E-state index in [2.05, 4.69) is 0 Å². The van der Waals surface area contributed by atoms with Crippen LogP contribution in [0.4, 0.5) is 30.7 Å². The first-order valence-electron chi connectivity index (χ1n) is 9.05. The summed E-state index contributed by atoms with van der Waals surface area (Å²) in [6.45, 7) is 0. The van der Waals surface area contributed by atoms with E-state index in [4.69, 9.17) is 0 Å². The summed E-state index contributed by atoms with van der Waals surface area (Å²) in [6, 6.07) is 16.6. The highest BCUT2D eigenvalue weighted by molar-refractivity contribution is 6.01. The van der Waals surface area contributed by atoms with Crippen LogP contribution in [0.15, 0.2) is 60.7 Å². The molecular formula is C23H10F7N. The van der Waals surface area contributed by atoms with Crippen molar-refractivity contribution in [3.8, 4) is 11.1 Å². The van der Waals surface area contributed by atoms with Crippen molar-refractivity contribution in [3.05, 3.63) is 89.5 Å². The van der Waals surface area contributed by atoms with Gasteiger partial charge in [0.25, 0.3) is 0 Å². The van der Waals surface area contributed by atoms with Crippen LogP contribution in [-0.2, 0) is 6.18 Å². The number of halogens is 7. The van der Waals surface area contributed by atoms with Gasteiger partial charge >= 0.3 is 6.18 Å². The Labute approximate surface area is 169 Å². The van der Waals surface area contributed by atoms with E-state index in [0.717, 1.165) is 0 Å². The highest BCUT2D eigenvalue weighted by Crippen LogP contribution is 2.42. The molecule has 0 amide bonds. The molecule has 156 valence electrons. The Morgan fingerprint density at radius 1 is 0.581 bits per heavy atom. The lowest BCUT2D eigenvalue weighted by molar-refractivity contribution is -0.143. The fourth-order valence-corrected chi connectivity index (χ4v) is 3.97. The zero-order chi connectivity index (χ0) is 22.1. The van der Waals surface area contributed by atoms with Gasteiger partial charge in [-0.05, 0) is 29.7 Å². The lowest BCUT2D eigenvalue weighted by Crippen LogP contribution is -2.16. The Morgan fingerprint density at radius 2 is 1.06 bits per heavy atom. The van der Waals surface area contributed by atoms with E-state index < -0.39 is 40.6 Å². The third-order valence-electron chi connectivity index (χ3n) is 5.28. The van der Waals surface area contributed by atoms with Gasteiger partial charge in [0.2, 0.25) is 0 Å². The van der Waals surface area contributed by atoms with Crippen molar-refractivity contribution < 1.29 is 30.7 Å². The van der Waals surface area contributed by atoms with Gasteiger partial charge in [0, 0.05) is 10.9 Å². The summed E-state index contributed by atoms with van der Waals surface area (Å²) in [4.78, 5) is 0. The molecule has 3 aromatic carbocycles. The third-order valence-corrected chi connectivity index (χ3v) is 5.28. The number of para-hydroxylation sites is 2. The molecule has 0 radical (unpaired) electrons. The molecule has 0 N–H and O–H groups in total. The maximum Gasteiger partial charge on any atom is 0.422 e. The average molecular weight is 433 g/mol. The summed E-state index contributed by atoms with van der Waals surface area (Å²) >= 11 is 0. The molecule has 0 spiro atoms. The third kappa shape index (κ3) is 2.71. The fraction of sp³-hybridized carbons (Fsp3) is 0.0435. The van der Waals surface area contributed by atoms with Crippen molar-refractivity contribution in [1.29, 1.82) is 0 Å². The molecule has 0 bridgehead atoms. The van der Waals surface area contributed by atoms with Crippen LogP contribution in [0.1, 0.15) is 5.56 Å². The van der Waals surface area contributed by atoms with Crippen molar-refractivity contribution in [2.75, 3.05) is 0 Å². The molecule has 1 nitrogen and oxygen atoms in total. The Bertz CT molecular complexity index is 1480. The van der Waals surface area contributed by atoms with Crippen LogP contribution in [-0.4, -0.2) is 4.40 Å². The topological polar surface area (TPSA) is 4.41 Å². The van der Waals surface area contributed by atoms with E-state index in [-0.39, 0.29) is 11.1 Å². The maximum atomic E-state index is 14.8. The molecule has 0 unspecified atom stereocenters. The van der Waals surface area contributed by atoms with E-state index in [1.54, 1.807) is 59.0 Å². The first kappa shape index (κ1) is 19.4. The molecule has 8 heteroatoms. The molecule has 31 heavy (non-hydrogen) atoms. The highest BCUT2D eigenvalue weighted by Gasteiger charge is 2.42. The van der Waals surface area contributed by atoms with Crippen LogP contribution >= 0.6 is 0 Å². The molecule has 0 atom stereocenters. The Morgan fingerprint density at radius 3 is 1.58 bits per heavy atom. The number of fused-ring (bicyclic) bond motifs is 5. The van der Waals surface area contributed by atoms with E-state index >= 15 is 0 Å². The highest BCUT2D eigenvalue weighted by atomic mass is 19.4. The maximum absolute atomic E-state index is 14.8. The number of rotatable bonds is 1. The van der Waals surface area contributed by atoms with Crippen molar-refractivity contribution >= 4 is 27.3 Å². The van der Waals surface area contributed by atoms with E-state index in [1.807, 2.05) is 0 Å². The number of pyridine rings is 1. The molecule has 0 aliphatic heterocycles. The predicted octanol–water partition coefficient (Wildman–Crippen LogP) is 7.49. The number of nitrogens with zero attached hydrogens (tertiary/aromatic N) is 1. The first-order valence-corrected chi connectivity index (χ1v) is 9.05. The van der Waals surface area contributed by atoms with Crippen LogP contribution in [0.3, 0.4) is 0 Å². The van der Waals surface area contributed by atoms with E-state index in [0.29, 0.717) is 21.8 Å². The Kier molecular flexibility index (Phi) is 4.05. The zero-order valence-corrected chi connectivity index (χ0v) is 15.4. The second kappa shape index (κ2) is 6.47. The van der Waals surface area contributed by atoms with Gasteiger partial charge in [-0.1, -0.05) is 36.4 Å². The van der Waals surface area contributed by atoms with E-state index in [9.17, 15) is 30.7 Å². The summed E-state index contributed by atoms with van der Waals surface area (Å²) in [5, 5.41) is 1.15. The molecule has 2 aromatic heterocycles. The lowest BCUT2D eigenvalue weighted by Gasteiger charge is -2.16. The Hall–Kier alpha value is -3.55. The van der Waals surface area contributed by atoms with Crippen molar-refractivity contribution in [1.82, 2.24) is 4.40 Å². The van der Waals surface area contributed by atoms with Crippen LogP contribution < -0.4 is 0 Å².